The zero-order valence-corrected chi connectivity index (χ0v) is 11.9. The second kappa shape index (κ2) is 5.11. The van der Waals surface area contributed by atoms with E-state index in [1.54, 1.807) is 0 Å². The first-order valence-electron chi connectivity index (χ1n) is 7.38. The predicted molar refractivity (Wildman–Crippen MR) is 74.1 cm³/mol. The van der Waals surface area contributed by atoms with Crippen molar-refractivity contribution < 1.29 is 22.8 Å². The summed E-state index contributed by atoms with van der Waals surface area (Å²) >= 11 is 0. The fourth-order valence-electron chi connectivity index (χ4n) is 3.50. The Balaban J connectivity index is 1.95. The number of imide groups is 1. The minimum Gasteiger partial charge on any atom is -0.274 e. The zero-order valence-electron chi connectivity index (χ0n) is 11.9. The molecule has 3 rings (SSSR count). The average Bonchev–Trinajstić information content (AvgIpc) is 2.70. The Hall–Kier alpha value is -1.85. The molecule has 3 nitrogen and oxygen atoms in total. The minimum absolute atomic E-state index is 0.0206. The van der Waals surface area contributed by atoms with E-state index in [1.165, 1.54) is 12.1 Å². The van der Waals surface area contributed by atoms with Gasteiger partial charge in [-0.25, -0.2) is 0 Å². The van der Waals surface area contributed by atoms with Crippen LogP contribution < -0.4 is 4.90 Å². The molecule has 22 heavy (non-hydrogen) atoms. The van der Waals surface area contributed by atoms with Gasteiger partial charge in [0.25, 0.3) is 0 Å². The molecule has 2 fully saturated rings. The minimum atomic E-state index is -4.50. The lowest BCUT2D eigenvalue weighted by molar-refractivity contribution is -0.137. The molecule has 1 saturated carbocycles. The Kier molecular flexibility index (Phi) is 3.50. The van der Waals surface area contributed by atoms with E-state index in [9.17, 15) is 22.8 Å². The van der Waals surface area contributed by atoms with Crippen LogP contribution in [-0.4, -0.2) is 11.8 Å². The van der Waals surface area contributed by atoms with Crippen molar-refractivity contribution in [3.8, 4) is 0 Å². The standard InChI is InChI=1S/C16H16F3NO2/c17-16(18,19)11-5-4-6-12(9-11)20-13(21)10-15(14(20)22)7-2-1-3-8-15/h4-6,9H,1-3,7-8,10H2. The van der Waals surface area contributed by atoms with Gasteiger partial charge in [-0.2, -0.15) is 13.2 Å². The van der Waals surface area contributed by atoms with Crippen molar-refractivity contribution in [2.75, 3.05) is 4.90 Å². The first-order valence-corrected chi connectivity index (χ1v) is 7.38. The van der Waals surface area contributed by atoms with Gasteiger partial charge < -0.3 is 0 Å². The molecule has 0 unspecified atom stereocenters. The maximum absolute atomic E-state index is 12.8. The third-order valence-corrected chi connectivity index (χ3v) is 4.64. The topological polar surface area (TPSA) is 37.4 Å². The second-order valence-electron chi connectivity index (χ2n) is 6.10. The molecule has 0 N–H and O–H groups in total. The van der Waals surface area contributed by atoms with Crippen LogP contribution in [0.4, 0.5) is 18.9 Å². The lowest BCUT2D eigenvalue weighted by atomic mass is 9.73. The SMILES string of the molecule is O=C1CC2(CCCCC2)C(=O)N1c1cccc(C(F)(F)F)c1. The van der Waals surface area contributed by atoms with E-state index in [0.29, 0.717) is 12.8 Å². The molecule has 2 amide bonds. The normalized spacial score (nSPS) is 21.7. The number of halogens is 3. The molecule has 0 radical (unpaired) electrons. The number of benzene rings is 1. The highest BCUT2D eigenvalue weighted by Gasteiger charge is 2.52. The zero-order chi connectivity index (χ0) is 16.0. The predicted octanol–water partition coefficient (Wildman–Crippen LogP) is 3.92. The third-order valence-electron chi connectivity index (χ3n) is 4.64. The van der Waals surface area contributed by atoms with Gasteiger partial charge in [-0.15, -0.1) is 0 Å². The number of alkyl halides is 3. The summed E-state index contributed by atoms with van der Waals surface area (Å²) in [7, 11) is 0. The molecule has 0 aromatic heterocycles. The Labute approximate surface area is 126 Å². The van der Waals surface area contributed by atoms with Gasteiger partial charge in [-0.1, -0.05) is 25.3 Å². The molecule has 1 aromatic carbocycles. The van der Waals surface area contributed by atoms with Gasteiger partial charge in [0.1, 0.15) is 0 Å². The van der Waals surface area contributed by atoms with E-state index in [0.717, 1.165) is 36.3 Å². The lowest BCUT2D eigenvalue weighted by Crippen LogP contribution is -2.37. The Bertz CT molecular complexity index is 618. The first-order chi connectivity index (χ1) is 10.3. The Morgan fingerprint density at radius 1 is 1.05 bits per heavy atom. The molecule has 1 heterocycles. The largest absolute Gasteiger partial charge is 0.416 e. The summed E-state index contributed by atoms with van der Waals surface area (Å²) in [6.45, 7) is 0. The number of nitrogens with zero attached hydrogens (tertiary/aromatic N) is 1. The molecule has 1 spiro atoms. The molecule has 118 valence electrons. The molecule has 1 saturated heterocycles. The highest BCUT2D eigenvalue weighted by Crippen LogP contribution is 2.46. The summed E-state index contributed by atoms with van der Waals surface area (Å²) in [5, 5.41) is 0. The van der Waals surface area contributed by atoms with Crippen molar-refractivity contribution in [1.29, 1.82) is 0 Å². The smallest absolute Gasteiger partial charge is 0.274 e. The summed E-state index contributed by atoms with van der Waals surface area (Å²) in [5.74, 6) is -0.734. The van der Waals surface area contributed by atoms with Crippen molar-refractivity contribution in [3.63, 3.8) is 0 Å². The van der Waals surface area contributed by atoms with Crippen molar-refractivity contribution in [1.82, 2.24) is 0 Å². The molecule has 6 heteroatoms. The van der Waals surface area contributed by atoms with Crippen LogP contribution in [0.3, 0.4) is 0 Å². The number of hydrogen-bond donors (Lipinski definition) is 0. The second-order valence-corrected chi connectivity index (χ2v) is 6.10. The van der Waals surface area contributed by atoms with Crippen LogP contribution in [0.2, 0.25) is 0 Å². The van der Waals surface area contributed by atoms with Crippen molar-refractivity contribution in [2.45, 2.75) is 44.7 Å². The summed E-state index contributed by atoms with van der Waals surface area (Å²) in [4.78, 5) is 25.9. The summed E-state index contributed by atoms with van der Waals surface area (Å²) in [6.07, 6.45) is -0.288. The summed E-state index contributed by atoms with van der Waals surface area (Å²) in [6, 6.07) is 4.42. The maximum Gasteiger partial charge on any atom is 0.416 e. The van der Waals surface area contributed by atoms with Crippen LogP contribution in [0.1, 0.15) is 44.1 Å². The first kappa shape index (κ1) is 15.1. The molecular weight excluding hydrogens is 295 g/mol. The van der Waals surface area contributed by atoms with Gasteiger partial charge in [-0.3, -0.25) is 14.5 Å². The Morgan fingerprint density at radius 3 is 2.36 bits per heavy atom. The lowest BCUT2D eigenvalue weighted by Gasteiger charge is -2.30. The van der Waals surface area contributed by atoms with E-state index in [1.807, 2.05) is 0 Å². The van der Waals surface area contributed by atoms with E-state index in [2.05, 4.69) is 0 Å². The fourth-order valence-corrected chi connectivity index (χ4v) is 3.50. The summed E-state index contributed by atoms with van der Waals surface area (Å²) < 4.78 is 38.4. The van der Waals surface area contributed by atoms with Crippen LogP contribution in [-0.2, 0) is 15.8 Å². The monoisotopic (exact) mass is 311 g/mol. The van der Waals surface area contributed by atoms with Crippen molar-refractivity contribution in [3.05, 3.63) is 29.8 Å². The third kappa shape index (κ3) is 2.40. The van der Waals surface area contributed by atoms with Crippen LogP contribution in [0.5, 0.6) is 0 Å². The van der Waals surface area contributed by atoms with E-state index in [-0.39, 0.29) is 18.0 Å². The van der Waals surface area contributed by atoms with Gasteiger partial charge in [0.05, 0.1) is 16.7 Å². The fraction of sp³-hybridized carbons (Fsp3) is 0.500. The number of hydrogen-bond acceptors (Lipinski definition) is 2. The van der Waals surface area contributed by atoms with Gasteiger partial charge in [-0.05, 0) is 31.0 Å². The average molecular weight is 311 g/mol. The van der Waals surface area contributed by atoms with E-state index < -0.39 is 23.1 Å². The highest BCUT2D eigenvalue weighted by molar-refractivity contribution is 6.22. The van der Waals surface area contributed by atoms with E-state index >= 15 is 0 Å². The summed E-state index contributed by atoms with van der Waals surface area (Å²) in [5.41, 5.74) is -1.52. The number of carbonyl (C=O) groups excluding carboxylic acids is 2. The van der Waals surface area contributed by atoms with Crippen LogP contribution in [0.15, 0.2) is 24.3 Å². The molecule has 1 aromatic rings. The molecule has 2 aliphatic rings. The van der Waals surface area contributed by atoms with Gasteiger partial charge in [0.2, 0.25) is 11.8 Å². The van der Waals surface area contributed by atoms with E-state index in [4.69, 9.17) is 0 Å². The number of anilines is 1. The quantitative estimate of drug-likeness (QED) is 0.737. The van der Waals surface area contributed by atoms with Crippen LogP contribution in [0, 0.1) is 5.41 Å². The van der Waals surface area contributed by atoms with Gasteiger partial charge in [0, 0.05) is 6.42 Å². The maximum atomic E-state index is 12.8. The van der Waals surface area contributed by atoms with Crippen molar-refractivity contribution >= 4 is 17.5 Å². The van der Waals surface area contributed by atoms with Crippen LogP contribution in [0.25, 0.3) is 0 Å². The molecule has 0 bridgehead atoms. The van der Waals surface area contributed by atoms with Crippen LogP contribution >= 0.6 is 0 Å². The van der Waals surface area contributed by atoms with Gasteiger partial charge in [0.15, 0.2) is 0 Å². The number of amides is 2. The molecule has 1 aliphatic carbocycles. The number of carbonyl (C=O) groups is 2. The molecular formula is C16H16F3NO2. The number of rotatable bonds is 1. The Morgan fingerprint density at radius 2 is 1.73 bits per heavy atom. The van der Waals surface area contributed by atoms with Crippen molar-refractivity contribution in [2.24, 2.45) is 5.41 Å². The molecule has 1 aliphatic heterocycles. The van der Waals surface area contributed by atoms with Gasteiger partial charge >= 0.3 is 6.18 Å². The molecule has 0 atom stereocenters. The highest BCUT2D eigenvalue weighted by atomic mass is 19.4.